The van der Waals surface area contributed by atoms with Gasteiger partial charge in [-0.1, -0.05) is 18.3 Å². The molecule has 0 bridgehead atoms. The van der Waals surface area contributed by atoms with Crippen molar-refractivity contribution in [1.82, 2.24) is 5.12 Å². The molecule has 0 saturated carbocycles. The molecule has 12 heavy (non-hydrogen) atoms. The van der Waals surface area contributed by atoms with Gasteiger partial charge in [0.25, 0.3) is 0 Å². The number of hydrogen-bond donors (Lipinski definition) is 2. The third kappa shape index (κ3) is 1.53. The second-order valence-electron chi connectivity index (χ2n) is 2.84. The summed E-state index contributed by atoms with van der Waals surface area (Å²) in [5.74, 6) is 0.185. The van der Waals surface area contributed by atoms with Crippen LogP contribution >= 0.6 is 0 Å². The zero-order valence-electron chi connectivity index (χ0n) is 7.03. The highest BCUT2D eigenvalue weighted by Gasteiger charge is 2.24. The van der Waals surface area contributed by atoms with Gasteiger partial charge in [0, 0.05) is 5.92 Å². The van der Waals surface area contributed by atoms with Gasteiger partial charge in [-0.05, 0) is 0 Å². The van der Waals surface area contributed by atoms with Crippen LogP contribution in [0, 0.1) is 5.92 Å². The molecule has 0 saturated heterocycles. The van der Waals surface area contributed by atoms with Crippen molar-refractivity contribution in [3.8, 4) is 0 Å². The average molecular weight is 173 g/mol. The molecule has 1 unspecified atom stereocenters. The molecular formula is C6H12FN5. The van der Waals surface area contributed by atoms with Crippen LogP contribution in [0.2, 0.25) is 0 Å². The Balaban J connectivity index is 2.91. The van der Waals surface area contributed by atoms with Crippen molar-refractivity contribution in [1.29, 1.82) is 0 Å². The van der Waals surface area contributed by atoms with Crippen LogP contribution in [0.15, 0.2) is 9.98 Å². The Hall–Kier alpha value is -1.17. The van der Waals surface area contributed by atoms with Gasteiger partial charge in [-0.3, -0.25) is 5.73 Å². The molecule has 1 aliphatic heterocycles. The molecule has 0 aromatic heterocycles. The summed E-state index contributed by atoms with van der Waals surface area (Å²) >= 11 is 0. The number of amidine groups is 1. The van der Waals surface area contributed by atoms with E-state index in [4.69, 9.17) is 11.5 Å². The van der Waals surface area contributed by atoms with Crippen molar-refractivity contribution in [2.75, 3.05) is 0 Å². The Morgan fingerprint density at radius 2 is 2.17 bits per heavy atom. The molecule has 0 amide bonds. The maximum Gasteiger partial charge on any atom is 0.220 e. The standard InChI is InChI=1S/C6H12FN5/c1-3(2)4-10-5(8)11-6(9)12(4)7/h3,6H,9H2,1-2H3,(H2,8,11). The van der Waals surface area contributed by atoms with Crippen molar-refractivity contribution in [3.05, 3.63) is 0 Å². The lowest BCUT2D eigenvalue weighted by Gasteiger charge is -2.25. The van der Waals surface area contributed by atoms with Gasteiger partial charge in [0.1, 0.15) is 5.84 Å². The van der Waals surface area contributed by atoms with Gasteiger partial charge in [-0.25, -0.2) is 4.99 Å². The SMILES string of the molecule is CC(C)C1=NC(N)=NC(N)N1F. The summed E-state index contributed by atoms with van der Waals surface area (Å²) in [6.45, 7) is 3.60. The first-order chi connectivity index (χ1) is 5.52. The molecule has 1 atom stereocenters. The molecule has 0 spiro atoms. The van der Waals surface area contributed by atoms with E-state index in [9.17, 15) is 4.48 Å². The number of guanidine groups is 1. The minimum Gasteiger partial charge on any atom is -0.368 e. The summed E-state index contributed by atoms with van der Waals surface area (Å²) in [5, 5.41) is 0.320. The monoisotopic (exact) mass is 173 g/mol. The quantitative estimate of drug-likeness (QED) is 0.539. The van der Waals surface area contributed by atoms with E-state index in [1.165, 1.54) is 0 Å². The van der Waals surface area contributed by atoms with Crippen molar-refractivity contribution < 1.29 is 4.48 Å². The molecule has 0 radical (unpaired) electrons. The molecule has 5 nitrogen and oxygen atoms in total. The molecule has 1 rings (SSSR count). The Morgan fingerprint density at radius 1 is 1.58 bits per heavy atom. The van der Waals surface area contributed by atoms with E-state index in [-0.39, 0.29) is 17.7 Å². The number of aliphatic imine (C=N–C) groups is 2. The summed E-state index contributed by atoms with van der Waals surface area (Å²) in [6.07, 6.45) is -1.06. The number of halogens is 1. The van der Waals surface area contributed by atoms with Crippen LogP contribution in [0.5, 0.6) is 0 Å². The van der Waals surface area contributed by atoms with Gasteiger partial charge >= 0.3 is 0 Å². The highest BCUT2D eigenvalue weighted by molar-refractivity contribution is 5.97. The Kier molecular flexibility index (Phi) is 2.27. The smallest absolute Gasteiger partial charge is 0.220 e. The van der Waals surface area contributed by atoms with E-state index in [1.54, 1.807) is 13.8 Å². The first-order valence-corrected chi connectivity index (χ1v) is 3.65. The molecule has 6 heteroatoms. The summed E-state index contributed by atoms with van der Waals surface area (Å²) < 4.78 is 13.1. The van der Waals surface area contributed by atoms with E-state index in [0.29, 0.717) is 5.12 Å². The second kappa shape index (κ2) is 3.06. The molecule has 1 heterocycles. The molecule has 0 aromatic carbocycles. The molecule has 4 N–H and O–H groups in total. The van der Waals surface area contributed by atoms with Gasteiger partial charge < -0.3 is 5.73 Å². The Bertz CT molecular complexity index is 234. The first-order valence-electron chi connectivity index (χ1n) is 3.65. The average Bonchev–Trinajstić information content (AvgIpc) is 1.96. The number of nitrogens with zero attached hydrogens (tertiary/aromatic N) is 3. The molecule has 1 aliphatic rings. The zero-order valence-corrected chi connectivity index (χ0v) is 7.03. The van der Waals surface area contributed by atoms with Gasteiger partial charge in [0.05, 0.1) is 0 Å². The van der Waals surface area contributed by atoms with Crippen LogP contribution in [-0.2, 0) is 0 Å². The predicted octanol–water partition coefficient (Wildman–Crippen LogP) is -0.202. The summed E-state index contributed by atoms with van der Waals surface area (Å²) in [6, 6.07) is 0. The van der Waals surface area contributed by atoms with Gasteiger partial charge in [0.2, 0.25) is 12.2 Å². The number of hydrogen-bond acceptors (Lipinski definition) is 5. The largest absolute Gasteiger partial charge is 0.368 e. The highest BCUT2D eigenvalue weighted by atomic mass is 19.2. The lowest BCUT2D eigenvalue weighted by atomic mass is 10.2. The molecule has 68 valence electrons. The number of rotatable bonds is 1. The molecular weight excluding hydrogens is 161 g/mol. The summed E-state index contributed by atoms with van der Waals surface area (Å²) in [5.41, 5.74) is 10.6. The van der Waals surface area contributed by atoms with Crippen LogP contribution in [-0.4, -0.2) is 23.2 Å². The Labute approximate surface area is 69.9 Å². The summed E-state index contributed by atoms with van der Waals surface area (Å²) in [7, 11) is 0. The maximum atomic E-state index is 13.1. The van der Waals surface area contributed by atoms with Crippen LogP contribution in [0.4, 0.5) is 4.48 Å². The highest BCUT2D eigenvalue weighted by Crippen LogP contribution is 2.11. The van der Waals surface area contributed by atoms with Crippen LogP contribution in [0.1, 0.15) is 13.8 Å². The van der Waals surface area contributed by atoms with E-state index >= 15 is 0 Å². The van der Waals surface area contributed by atoms with E-state index in [2.05, 4.69) is 9.98 Å². The van der Waals surface area contributed by atoms with E-state index < -0.39 is 6.29 Å². The van der Waals surface area contributed by atoms with Crippen molar-refractivity contribution >= 4 is 11.8 Å². The zero-order chi connectivity index (χ0) is 9.30. The predicted molar refractivity (Wildman–Crippen MR) is 44.8 cm³/mol. The summed E-state index contributed by atoms with van der Waals surface area (Å²) in [4.78, 5) is 7.26. The van der Waals surface area contributed by atoms with Gasteiger partial charge in [-0.2, -0.15) is 10.1 Å². The lowest BCUT2D eigenvalue weighted by Crippen LogP contribution is -2.45. The molecule has 0 fully saturated rings. The fourth-order valence-electron chi connectivity index (χ4n) is 0.891. The van der Waals surface area contributed by atoms with Crippen molar-refractivity contribution in [2.45, 2.75) is 20.1 Å². The van der Waals surface area contributed by atoms with Gasteiger partial charge in [-0.15, -0.1) is 0 Å². The fourth-order valence-corrected chi connectivity index (χ4v) is 0.891. The third-order valence-electron chi connectivity index (χ3n) is 1.46. The minimum absolute atomic E-state index is 0.0279. The van der Waals surface area contributed by atoms with Crippen LogP contribution in [0.25, 0.3) is 0 Å². The third-order valence-corrected chi connectivity index (χ3v) is 1.46. The van der Waals surface area contributed by atoms with Gasteiger partial charge in [0.15, 0.2) is 0 Å². The fraction of sp³-hybridized carbons (Fsp3) is 0.667. The van der Waals surface area contributed by atoms with Crippen molar-refractivity contribution in [2.24, 2.45) is 27.4 Å². The lowest BCUT2D eigenvalue weighted by molar-refractivity contribution is 0.0640. The normalized spacial score (nSPS) is 24.1. The maximum absolute atomic E-state index is 13.1. The number of nitrogens with two attached hydrogens (primary N) is 2. The molecule has 0 aliphatic carbocycles. The van der Waals surface area contributed by atoms with Crippen LogP contribution in [0.3, 0.4) is 0 Å². The van der Waals surface area contributed by atoms with Crippen molar-refractivity contribution in [3.63, 3.8) is 0 Å². The van der Waals surface area contributed by atoms with E-state index in [1.807, 2.05) is 0 Å². The topological polar surface area (TPSA) is 80.0 Å². The molecule has 0 aromatic rings. The first kappa shape index (κ1) is 8.92. The van der Waals surface area contributed by atoms with E-state index in [0.717, 1.165) is 0 Å². The second-order valence-corrected chi connectivity index (χ2v) is 2.84. The van der Waals surface area contributed by atoms with Crippen LogP contribution < -0.4 is 11.5 Å². The minimum atomic E-state index is -1.06. The Morgan fingerprint density at radius 3 is 2.67 bits per heavy atom.